The molecule has 1 saturated heterocycles. The van der Waals surface area contributed by atoms with Crippen LogP contribution in [0.3, 0.4) is 0 Å². The van der Waals surface area contributed by atoms with Crippen molar-refractivity contribution < 1.29 is 22.3 Å². The molecule has 1 fully saturated rings. The molecule has 0 saturated carbocycles. The molecule has 4 rings (SSSR count). The lowest BCUT2D eigenvalue weighted by Crippen LogP contribution is -2.44. The van der Waals surface area contributed by atoms with Crippen LogP contribution in [0.15, 0.2) is 24.3 Å². The normalized spacial score (nSPS) is 19.7. The number of fused-ring (bicyclic) bond motifs is 1. The molecule has 2 aliphatic rings. The lowest BCUT2D eigenvalue weighted by molar-refractivity contribution is 0.0984. The maximum atomic E-state index is 12.3. The van der Waals surface area contributed by atoms with Gasteiger partial charge in [-0.3, -0.25) is 0 Å². The van der Waals surface area contributed by atoms with Crippen LogP contribution in [-0.4, -0.2) is 63.4 Å². The third-order valence-electron chi connectivity index (χ3n) is 5.21. The van der Waals surface area contributed by atoms with Gasteiger partial charge in [0.1, 0.15) is 12.5 Å². The highest BCUT2D eigenvalue weighted by molar-refractivity contribution is 7.90. The monoisotopic (exact) mass is 449 g/mol. The number of anilines is 2. The molecule has 11 heteroatoms. The maximum absolute atomic E-state index is 12.3. The Morgan fingerprint density at radius 2 is 2.03 bits per heavy atom. The van der Waals surface area contributed by atoms with Gasteiger partial charge in [-0.05, 0) is 31.2 Å². The van der Waals surface area contributed by atoms with Gasteiger partial charge in [0.25, 0.3) is 0 Å². The Bertz CT molecular complexity index is 1080. The Morgan fingerprint density at radius 3 is 2.74 bits per heavy atom. The van der Waals surface area contributed by atoms with Gasteiger partial charge in [0, 0.05) is 29.9 Å². The van der Waals surface area contributed by atoms with Crippen LogP contribution in [0.2, 0.25) is 0 Å². The topological polar surface area (TPSA) is 114 Å². The first-order valence-electron chi connectivity index (χ1n) is 10.0. The minimum atomic E-state index is -3.25. The van der Waals surface area contributed by atoms with E-state index in [9.17, 15) is 17.6 Å². The van der Waals surface area contributed by atoms with Gasteiger partial charge in [0.15, 0.2) is 15.7 Å². The zero-order chi connectivity index (χ0) is 22.0. The van der Waals surface area contributed by atoms with E-state index in [0.717, 1.165) is 0 Å². The maximum Gasteiger partial charge on any atom is 0.319 e. The largest absolute Gasteiger partial charge is 0.377 e. The molecule has 2 amide bonds. The van der Waals surface area contributed by atoms with Crippen molar-refractivity contribution in [1.29, 1.82) is 0 Å². The van der Waals surface area contributed by atoms with Crippen molar-refractivity contribution in [3.8, 4) is 11.4 Å². The van der Waals surface area contributed by atoms with Crippen molar-refractivity contribution in [3.63, 3.8) is 0 Å². The summed E-state index contributed by atoms with van der Waals surface area (Å²) in [5.74, 6) is 0.916. The average Bonchev–Trinajstić information content (AvgIpc) is 3.06. The van der Waals surface area contributed by atoms with Crippen LogP contribution in [0.4, 0.5) is 20.7 Å². The van der Waals surface area contributed by atoms with E-state index in [4.69, 9.17) is 9.72 Å². The minimum absolute atomic E-state index is 0.0567. The summed E-state index contributed by atoms with van der Waals surface area (Å²) in [6.07, 6.45) is 0. The third-order valence-corrected chi connectivity index (χ3v) is 6.65. The molecule has 2 aromatic rings. The van der Waals surface area contributed by atoms with Crippen LogP contribution >= 0.6 is 0 Å². The number of hydrogen-bond donors (Lipinski definition) is 2. The molecule has 1 atom stereocenters. The number of alkyl halides is 1. The van der Waals surface area contributed by atoms with E-state index in [0.29, 0.717) is 53.9 Å². The van der Waals surface area contributed by atoms with Gasteiger partial charge in [0.2, 0.25) is 0 Å². The number of amides is 2. The van der Waals surface area contributed by atoms with E-state index in [1.807, 2.05) is 6.92 Å². The summed E-state index contributed by atoms with van der Waals surface area (Å²) in [5, 5.41) is 5.01. The summed E-state index contributed by atoms with van der Waals surface area (Å²) in [6, 6.07) is 6.46. The first-order valence-corrected chi connectivity index (χ1v) is 11.8. The van der Waals surface area contributed by atoms with Crippen molar-refractivity contribution in [1.82, 2.24) is 15.3 Å². The van der Waals surface area contributed by atoms with Crippen LogP contribution < -0.4 is 15.5 Å². The van der Waals surface area contributed by atoms with Gasteiger partial charge in [-0.2, -0.15) is 0 Å². The molecule has 2 N–H and O–H groups in total. The van der Waals surface area contributed by atoms with Crippen LogP contribution in [0.5, 0.6) is 0 Å². The number of aromatic nitrogens is 2. The van der Waals surface area contributed by atoms with E-state index < -0.39 is 22.5 Å². The molecule has 2 aliphatic heterocycles. The Hall–Kier alpha value is -2.79. The van der Waals surface area contributed by atoms with Crippen molar-refractivity contribution in [2.45, 2.75) is 24.5 Å². The molecule has 31 heavy (non-hydrogen) atoms. The van der Waals surface area contributed by atoms with E-state index in [1.165, 1.54) is 0 Å². The number of nitrogens with zero attached hydrogens (tertiary/aromatic N) is 3. The molecular weight excluding hydrogens is 425 g/mol. The average molecular weight is 450 g/mol. The Balaban J connectivity index is 1.65. The highest BCUT2D eigenvalue weighted by Gasteiger charge is 2.34. The minimum Gasteiger partial charge on any atom is -0.377 e. The van der Waals surface area contributed by atoms with Crippen molar-refractivity contribution >= 4 is 27.4 Å². The van der Waals surface area contributed by atoms with Crippen LogP contribution in [-0.2, 0) is 26.1 Å². The van der Waals surface area contributed by atoms with Crippen molar-refractivity contribution in [3.05, 3.63) is 35.5 Å². The lowest BCUT2D eigenvalue weighted by atomic mass is 10.1. The number of hydrogen-bond acceptors (Lipinski definition) is 7. The zero-order valence-corrected chi connectivity index (χ0v) is 17.9. The molecule has 3 heterocycles. The lowest BCUT2D eigenvalue weighted by Gasteiger charge is -2.35. The van der Waals surface area contributed by atoms with Crippen LogP contribution in [0.25, 0.3) is 11.4 Å². The van der Waals surface area contributed by atoms with E-state index in [2.05, 4.69) is 20.5 Å². The third kappa shape index (κ3) is 4.77. The number of carbonyl (C=O) groups excluding carboxylic acids is 1. The first-order chi connectivity index (χ1) is 14.9. The number of ether oxygens (including phenoxy) is 1. The highest BCUT2D eigenvalue weighted by atomic mass is 32.2. The summed E-state index contributed by atoms with van der Waals surface area (Å²) in [7, 11) is -3.25. The fraction of sp³-hybridized carbons (Fsp3) is 0.450. The second kappa shape index (κ2) is 8.75. The summed E-state index contributed by atoms with van der Waals surface area (Å²) >= 11 is 0. The molecule has 1 unspecified atom stereocenters. The van der Waals surface area contributed by atoms with Crippen molar-refractivity contribution in [2.75, 3.05) is 43.2 Å². The summed E-state index contributed by atoms with van der Waals surface area (Å²) in [5.41, 5.74) is 2.43. The summed E-state index contributed by atoms with van der Waals surface area (Å²) in [4.78, 5) is 23.0. The number of morpholine rings is 1. The first kappa shape index (κ1) is 21.4. The smallest absolute Gasteiger partial charge is 0.319 e. The quantitative estimate of drug-likeness (QED) is 0.717. The highest BCUT2D eigenvalue weighted by Crippen LogP contribution is 2.34. The number of urea groups is 1. The molecule has 0 aliphatic carbocycles. The fourth-order valence-corrected chi connectivity index (χ4v) is 5.20. The predicted molar refractivity (Wildman–Crippen MR) is 114 cm³/mol. The molecule has 0 radical (unpaired) electrons. The van der Waals surface area contributed by atoms with Gasteiger partial charge >= 0.3 is 6.03 Å². The van der Waals surface area contributed by atoms with Gasteiger partial charge in [-0.1, -0.05) is 0 Å². The second-order valence-corrected chi connectivity index (χ2v) is 9.66. The Labute approximate surface area is 179 Å². The molecule has 0 bridgehead atoms. The number of halogens is 1. The Morgan fingerprint density at radius 1 is 1.26 bits per heavy atom. The standard InChI is InChI=1S/C20H24FN5O4S/c1-13-10-30-9-8-26(13)19-16-11-31(28,29)12-17(16)24-18(25-19)14-2-4-15(5-3-14)23-20(27)22-7-6-21/h2-5,13H,6-12H2,1H3,(H2,22,23,27). The second-order valence-electron chi connectivity index (χ2n) is 7.59. The van der Waals surface area contributed by atoms with E-state index >= 15 is 0 Å². The molecule has 0 spiro atoms. The van der Waals surface area contributed by atoms with Crippen molar-refractivity contribution in [2.24, 2.45) is 0 Å². The summed E-state index contributed by atoms with van der Waals surface area (Å²) in [6.45, 7) is 3.05. The zero-order valence-electron chi connectivity index (χ0n) is 17.1. The molecule has 1 aromatic carbocycles. The molecule has 166 valence electrons. The predicted octanol–water partition coefficient (Wildman–Crippen LogP) is 1.89. The summed E-state index contributed by atoms with van der Waals surface area (Å²) < 4.78 is 42.3. The molecule has 9 nitrogen and oxygen atoms in total. The van der Waals surface area contributed by atoms with Gasteiger partial charge in [-0.25, -0.2) is 27.6 Å². The molecular formula is C20H24FN5O4S. The SMILES string of the molecule is CC1COCCN1c1nc(-c2ccc(NC(=O)NCCF)cc2)nc2c1CS(=O)(=O)C2. The number of benzene rings is 1. The number of nitrogens with one attached hydrogen (secondary N) is 2. The van der Waals surface area contributed by atoms with Crippen LogP contribution in [0, 0.1) is 0 Å². The number of carbonyl (C=O) groups is 1. The molecule has 1 aromatic heterocycles. The van der Waals surface area contributed by atoms with Crippen LogP contribution in [0.1, 0.15) is 18.2 Å². The van der Waals surface area contributed by atoms with Gasteiger partial charge < -0.3 is 20.3 Å². The number of rotatable bonds is 5. The van der Waals surface area contributed by atoms with Gasteiger partial charge in [0.05, 0.1) is 36.5 Å². The number of sulfone groups is 1. The fourth-order valence-electron chi connectivity index (χ4n) is 3.71. The van der Waals surface area contributed by atoms with E-state index in [1.54, 1.807) is 24.3 Å². The van der Waals surface area contributed by atoms with E-state index in [-0.39, 0.29) is 24.1 Å². The Kier molecular flexibility index (Phi) is 6.05. The van der Waals surface area contributed by atoms with Gasteiger partial charge in [-0.15, -0.1) is 0 Å².